The lowest BCUT2D eigenvalue weighted by molar-refractivity contribution is 0.310. The molecule has 1 saturated heterocycles. The van der Waals surface area contributed by atoms with E-state index in [4.69, 9.17) is 15.2 Å². The molecule has 0 bridgehead atoms. The first-order valence-electron chi connectivity index (χ1n) is 7.59. The van der Waals surface area contributed by atoms with Crippen LogP contribution in [0.4, 0.5) is 0 Å². The molecule has 1 fully saturated rings. The maximum atomic E-state index is 5.94. The van der Waals surface area contributed by atoms with Crippen molar-refractivity contribution in [2.45, 2.75) is 25.4 Å². The van der Waals surface area contributed by atoms with Gasteiger partial charge in [-0.05, 0) is 44.1 Å². The Labute approximate surface area is 155 Å². The van der Waals surface area contributed by atoms with Gasteiger partial charge in [-0.3, -0.25) is 0 Å². The molecule has 0 aromatic heterocycles. The van der Waals surface area contributed by atoms with Crippen molar-refractivity contribution in [2.75, 3.05) is 34.4 Å². The van der Waals surface area contributed by atoms with E-state index in [2.05, 4.69) is 22.3 Å². The maximum absolute atomic E-state index is 5.94. The molecule has 1 unspecified atom stereocenters. The summed E-state index contributed by atoms with van der Waals surface area (Å²) in [7, 11) is 5.40. The molecule has 0 amide bonds. The number of benzene rings is 1. The van der Waals surface area contributed by atoms with E-state index in [1.165, 1.54) is 12.8 Å². The van der Waals surface area contributed by atoms with E-state index in [-0.39, 0.29) is 24.0 Å². The number of nitrogens with zero attached hydrogens (tertiary/aromatic N) is 2. The Morgan fingerprint density at radius 2 is 2.09 bits per heavy atom. The molecule has 3 N–H and O–H groups in total. The van der Waals surface area contributed by atoms with Crippen molar-refractivity contribution >= 4 is 29.9 Å². The fraction of sp³-hybridized carbons (Fsp3) is 0.562. The summed E-state index contributed by atoms with van der Waals surface area (Å²) < 4.78 is 10.5. The van der Waals surface area contributed by atoms with Crippen LogP contribution in [0.25, 0.3) is 0 Å². The summed E-state index contributed by atoms with van der Waals surface area (Å²) in [5.41, 5.74) is 6.96. The minimum atomic E-state index is 0. The summed E-state index contributed by atoms with van der Waals surface area (Å²) in [5, 5.41) is 3.21. The average molecular weight is 434 g/mol. The van der Waals surface area contributed by atoms with Gasteiger partial charge in [0, 0.05) is 12.6 Å². The fourth-order valence-electron chi connectivity index (χ4n) is 2.67. The van der Waals surface area contributed by atoms with Crippen LogP contribution < -0.4 is 20.5 Å². The molecule has 0 saturated carbocycles. The van der Waals surface area contributed by atoms with Gasteiger partial charge in [-0.15, -0.1) is 24.0 Å². The van der Waals surface area contributed by atoms with E-state index in [9.17, 15) is 0 Å². The van der Waals surface area contributed by atoms with E-state index in [0.29, 0.717) is 30.0 Å². The number of hydrogen-bond donors (Lipinski definition) is 2. The predicted molar refractivity (Wildman–Crippen MR) is 104 cm³/mol. The van der Waals surface area contributed by atoms with Gasteiger partial charge in [-0.25, -0.2) is 4.99 Å². The largest absolute Gasteiger partial charge is 0.493 e. The van der Waals surface area contributed by atoms with Gasteiger partial charge < -0.3 is 25.4 Å². The van der Waals surface area contributed by atoms with Crippen molar-refractivity contribution in [2.24, 2.45) is 10.7 Å². The Balaban J connectivity index is 0.00000264. The molecule has 0 spiro atoms. The molecular weight excluding hydrogens is 407 g/mol. The molecule has 0 aliphatic carbocycles. The summed E-state index contributed by atoms with van der Waals surface area (Å²) >= 11 is 0. The molecule has 1 aromatic rings. The standard InChI is InChI=1S/C16H26N4O2.HI/c1-20-8-4-5-13(20)11-19-16(17)18-10-12-6-7-14(21-2)15(9-12)22-3;/h6-7,9,13H,4-5,8,10-11H2,1-3H3,(H3,17,18,19);1H. The number of nitrogens with one attached hydrogen (secondary N) is 1. The van der Waals surface area contributed by atoms with E-state index in [1.54, 1.807) is 14.2 Å². The Bertz CT molecular complexity index is 525. The van der Waals surface area contributed by atoms with Gasteiger partial charge in [0.25, 0.3) is 0 Å². The van der Waals surface area contributed by atoms with Gasteiger partial charge >= 0.3 is 0 Å². The van der Waals surface area contributed by atoms with Gasteiger partial charge in [-0.1, -0.05) is 6.07 Å². The first-order chi connectivity index (χ1) is 10.6. The summed E-state index contributed by atoms with van der Waals surface area (Å²) in [6.07, 6.45) is 2.47. The van der Waals surface area contributed by atoms with Crippen LogP contribution in [0.15, 0.2) is 23.2 Å². The highest BCUT2D eigenvalue weighted by Crippen LogP contribution is 2.27. The SMILES string of the molecule is COc1ccc(CN=C(N)NCC2CCCN2C)cc1OC.I. The molecule has 6 nitrogen and oxygen atoms in total. The smallest absolute Gasteiger partial charge is 0.188 e. The lowest BCUT2D eigenvalue weighted by atomic mass is 10.2. The van der Waals surface area contributed by atoms with E-state index >= 15 is 0 Å². The van der Waals surface area contributed by atoms with Crippen LogP contribution >= 0.6 is 24.0 Å². The first-order valence-corrected chi connectivity index (χ1v) is 7.59. The highest BCUT2D eigenvalue weighted by Gasteiger charge is 2.20. The maximum Gasteiger partial charge on any atom is 0.188 e. The fourth-order valence-corrected chi connectivity index (χ4v) is 2.67. The minimum Gasteiger partial charge on any atom is -0.493 e. The molecule has 1 aromatic carbocycles. The molecule has 1 aliphatic rings. The van der Waals surface area contributed by atoms with Crippen molar-refractivity contribution in [3.8, 4) is 11.5 Å². The third-order valence-electron chi connectivity index (χ3n) is 4.07. The molecule has 0 radical (unpaired) electrons. The number of rotatable bonds is 6. The Kier molecular flexibility index (Phi) is 8.46. The van der Waals surface area contributed by atoms with Crippen molar-refractivity contribution in [3.63, 3.8) is 0 Å². The van der Waals surface area contributed by atoms with Crippen LogP contribution in [0.2, 0.25) is 0 Å². The number of methoxy groups -OCH3 is 2. The highest BCUT2D eigenvalue weighted by molar-refractivity contribution is 14.0. The Morgan fingerprint density at radius 1 is 1.35 bits per heavy atom. The summed E-state index contributed by atoms with van der Waals surface area (Å²) in [6.45, 7) is 2.52. The van der Waals surface area contributed by atoms with Gasteiger partial charge in [0.2, 0.25) is 0 Å². The lowest BCUT2D eigenvalue weighted by Gasteiger charge is -2.19. The predicted octanol–water partition coefficient (Wildman–Crippen LogP) is 1.82. The zero-order chi connectivity index (χ0) is 15.9. The van der Waals surface area contributed by atoms with Crippen LogP contribution in [0.3, 0.4) is 0 Å². The lowest BCUT2D eigenvalue weighted by Crippen LogP contribution is -2.41. The number of halogens is 1. The van der Waals surface area contributed by atoms with Crippen LogP contribution in [-0.2, 0) is 6.54 Å². The van der Waals surface area contributed by atoms with Gasteiger partial charge in [0.15, 0.2) is 17.5 Å². The monoisotopic (exact) mass is 434 g/mol. The third kappa shape index (κ3) is 5.72. The Morgan fingerprint density at radius 3 is 2.70 bits per heavy atom. The second kappa shape index (κ2) is 9.82. The number of likely N-dealkylation sites (tertiary alicyclic amines) is 1. The summed E-state index contributed by atoms with van der Waals surface area (Å²) in [5.74, 6) is 1.90. The Hall–Kier alpha value is -1.22. The number of hydrogen-bond acceptors (Lipinski definition) is 4. The molecule has 130 valence electrons. The van der Waals surface area contributed by atoms with Gasteiger partial charge in [0.1, 0.15) is 0 Å². The van der Waals surface area contributed by atoms with E-state index in [1.807, 2.05) is 18.2 Å². The average Bonchev–Trinajstić information content (AvgIpc) is 2.95. The van der Waals surface area contributed by atoms with Crippen molar-refractivity contribution < 1.29 is 9.47 Å². The highest BCUT2D eigenvalue weighted by atomic mass is 127. The number of likely N-dealkylation sites (N-methyl/N-ethyl adjacent to an activating group) is 1. The first kappa shape index (κ1) is 19.8. The van der Waals surface area contributed by atoms with Crippen molar-refractivity contribution in [1.82, 2.24) is 10.2 Å². The zero-order valence-corrected chi connectivity index (χ0v) is 16.4. The quantitative estimate of drug-likeness (QED) is 0.406. The van der Waals surface area contributed by atoms with Crippen molar-refractivity contribution in [1.29, 1.82) is 0 Å². The molecule has 23 heavy (non-hydrogen) atoms. The normalized spacial score (nSPS) is 18.4. The van der Waals surface area contributed by atoms with Crippen LogP contribution in [-0.4, -0.2) is 51.3 Å². The number of guanidine groups is 1. The van der Waals surface area contributed by atoms with Gasteiger partial charge in [-0.2, -0.15) is 0 Å². The van der Waals surface area contributed by atoms with Gasteiger partial charge in [0.05, 0.1) is 20.8 Å². The number of ether oxygens (including phenoxy) is 2. The van der Waals surface area contributed by atoms with Crippen molar-refractivity contribution in [3.05, 3.63) is 23.8 Å². The van der Waals surface area contributed by atoms with E-state index in [0.717, 1.165) is 18.7 Å². The topological polar surface area (TPSA) is 72.1 Å². The molecule has 1 heterocycles. The van der Waals surface area contributed by atoms with E-state index < -0.39 is 0 Å². The second-order valence-corrected chi connectivity index (χ2v) is 5.55. The third-order valence-corrected chi connectivity index (χ3v) is 4.07. The minimum absolute atomic E-state index is 0. The summed E-state index contributed by atoms with van der Waals surface area (Å²) in [4.78, 5) is 6.74. The second-order valence-electron chi connectivity index (χ2n) is 5.55. The molecule has 1 aliphatic heterocycles. The van der Waals surface area contributed by atoms with Crippen LogP contribution in [0.1, 0.15) is 18.4 Å². The molecule has 7 heteroatoms. The summed E-state index contributed by atoms with van der Waals surface area (Å²) in [6, 6.07) is 6.30. The molecular formula is C16H27IN4O2. The molecule has 1 atom stereocenters. The molecule has 2 rings (SSSR count). The van der Waals surface area contributed by atoms with Crippen LogP contribution in [0.5, 0.6) is 11.5 Å². The zero-order valence-electron chi connectivity index (χ0n) is 14.0. The number of aliphatic imine (C=N–C) groups is 1. The number of nitrogens with two attached hydrogens (primary N) is 1. The van der Waals surface area contributed by atoms with Crippen LogP contribution in [0, 0.1) is 0 Å².